The molecule has 0 aliphatic carbocycles. The van der Waals surface area contributed by atoms with Gasteiger partial charge in [0.2, 0.25) is 0 Å². The molecule has 1 unspecified atom stereocenters. The van der Waals surface area contributed by atoms with Gasteiger partial charge in [0.15, 0.2) is 0 Å². The van der Waals surface area contributed by atoms with Gasteiger partial charge in [0.1, 0.15) is 0 Å². The van der Waals surface area contributed by atoms with Crippen LogP contribution in [-0.4, -0.2) is 36.2 Å². The fourth-order valence-corrected chi connectivity index (χ4v) is 2.79. The molecule has 1 fully saturated rings. The van der Waals surface area contributed by atoms with Gasteiger partial charge in [-0.3, -0.25) is 0 Å². The molecule has 0 radical (unpaired) electrons. The number of aliphatic hydroxyl groups excluding tert-OH is 1. The summed E-state index contributed by atoms with van der Waals surface area (Å²) < 4.78 is 0. The molecule has 0 amide bonds. The lowest BCUT2D eigenvalue weighted by Gasteiger charge is -2.39. The van der Waals surface area contributed by atoms with Crippen LogP contribution < -0.4 is 0 Å². The minimum Gasteiger partial charge on any atom is -0.396 e. The lowest BCUT2D eigenvalue weighted by molar-refractivity contribution is 0.0472. The third-order valence-electron chi connectivity index (χ3n) is 4.08. The zero-order valence-corrected chi connectivity index (χ0v) is 11.7. The molecule has 2 heteroatoms. The number of hydrogen-bond donors (Lipinski definition) is 1. The van der Waals surface area contributed by atoms with Gasteiger partial charge in [-0.1, -0.05) is 36.8 Å². The van der Waals surface area contributed by atoms with Crippen molar-refractivity contribution in [1.29, 1.82) is 0 Å². The Kier molecular flexibility index (Phi) is 4.41. The normalized spacial score (nSPS) is 25.3. The van der Waals surface area contributed by atoms with Crippen LogP contribution in [0.15, 0.2) is 24.3 Å². The van der Waals surface area contributed by atoms with Crippen LogP contribution >= 0.6 is 0 Å². The Labute approximate surface area is 111 Å². The molecule has 18 heavy (non-hydrogen) atoms. The first-order chi connectivity index (χ1) is 8.61. The Bertz CT molecular complexity index is 373. The summed E-state index contributed by atoms with van der Waals surface area (Å²) in [5, 5.41) is 9.46. The quantitative estimate of drug-likeness (QED) is 0.884. The number of aryl methyl sites for hydroxylation is 1. The first-order valence-electron chi connectivity index (χ1n) is 7.00. The second kappa shape index (κ2) is 5.85. The number of piperidine rings is 1. The summed E-state index contributed by atoms with van der Waals surface area (Å²) in [7, 11) is 0. The van der Waals surface area contributed by atoms with Crippen molar-refractivity contribution >= 4 is 0 Å². The van der Waals surface area contributed by atoms with E-state index in [9.17, 15) is 5.11 Å². The van der Waals surface area contributed by atoms with Crippen LogP contribution in [0.3, 0.4) is 0 Å². The van der Waals surface area contributed by atoms with Gasteiger partial charge in [-0.05, 0) is 38.3 Å². The van der Waals surface area contributed by atoms with Crippen molar-refractivity contribution < 1.29 is 5.11 Å². The molecule has 1 atom stereocenters. The van der Waals surface area contributed by atoms with E-state index in [4.69, 9.17) is 0 Å². The molecule has 0 bridgehead atoms. The first kappa shape index (κ1) is 13.6. The smallest absolute Gasteiger partial charge is 0.0497 e. The van der Waals surface area contributed by atoms with Crippen LogP contribution in [0.4, 0.5) is 0 Å². The highest BCUT2D eigenvalue weighted by molar-refractivity contribution is 5.21. The van der Waals surface area contributed by atoms with Crippen LogP contribution in [0.5, 0.6) is 0 Å². The predicted molar refractivity (Wildman–Crippen MR) is 75.7 cm³/mol. The van der Waals surface area contributed by atoms with Gasteiger partial charge in [-0.25, -0.2) is 0 Å². The van der Waals surface area contributed by atoms with Gasteiger partial charge in [-0.15, -0.1) is 0 Å². The first-order valence-corrected chi connectivity index (χ1v) is 7.00. The summed E-state index contributed by atoms with van der Waals surface area (Å²) >= 11 is 0. The molecule has 0 spiro atoms. The van der Waals surface area contributed by atoms with Gasteiger partial charge in [0.25, 0.3) is 0 Å². The van der Waals surface area contributed by atoms with E-state index in [1.54, 1.807) is 0 Å². The molecular formula is C16H25NO. The maximum atomic E-state index is 9.46. The minimum atomic E-state index is 0.117. The Morgan fingerprint density at radius 3 is 2.67 bits per heavy atom. The van der Waals surface area contributed by atoms with E-state index in [0.717, 1.165) is 25.9 Å². The van der Waals surface area contributed by atoms with Crippen molar-refractivity contribution in [1.82, 2.24) is 4.90 Å². The van der Waals surface area contributed by atoms with E-state index in [0.29, 0.717) is 6.61 Å². The third-order valence-corrected chi connectivity index (χ3v) is 4.08. The summed E-state index contributed by atoms with van der Waals surface area (Å²) in [6, 6.07) is 8.82. The lowest BCUT2D eigenvalue weighted by atomic mass is 9.83. The highest BCUT2D eigenvalue weighted by Crippen LogP contribution is 2.28. The van der Waals surface area contributed by atoms with Crippen LogP contribution in [0.2, 0.25) is 0 Å². The van der Waals surface area contributed by atoms with E-state index in [-0.39, 0.29) is 5.41 Å². The topological polar surface area (TPSA) is 23.5 Å². The largest absolute Gasteiger partial charge is 0.396 e. The highest BCUT2D eigenvalue weighted by Gasteiger charge is 2.29. The Hall–Kier alpha value is -0.860. The molecule has 0 saturated carbocycles. The average Bonchev–Trinajstić information content (AvgIpc) is 2.38. The van der Waals surface area contributed by atoms with Crippen LogP contribution in [0.25, 0.3) is 0 Å². The van der Waals surface area contributed by atoms with Crippen molar-refractivity contribution in [3.63, 3.8) is 0 Å². The molecule has 2 rings (SSSR count). The lowest BCUT2D eigenvalue weighted by Crippen LogP contribution is -2.44. The van der Waals surface area contributed by atoms with Gasteiger partial charge in [-0.2, -0.15) is 0 Å². The molecule has 100 valence electrons. The predicted octanol–water partition coefficient (Wildman–Crippen LogP) is 2.63. The van der Waals surface area contributed by atoms with Gasteiger partial charge in [0, 0.05) is 25.1 Å². The maximum absolute atomic E-state index is 9.46. The molecule has 1 aliphatic rings. The Balaban J connectivity index is 1.85. The molecule has 1 aromatic rings. The molecule has 0 aromatic heterocycles. The zero-order chi connectivity index (χ0) is 13.0. The van der Waals surface area contributed by atoms with Gasteiger partial charge >= 0.3 is 0 Å². The van der Waals surface area contributed by atoms with E-state index in [1.165, 1.54) is 24.1 Å². The summed E-state index contributed by atoms with van der Waals surface area (Å²) in [6.45, 7) is 7.97. The second-order valence-corrected chi connectivity index (χ2v) is 6.08. The van der Waals surface area contributed by atoms with Crippen molar-refractivity contribution in [3.8, 4) is 0 Å². The molecular weight excluding hydrogens is 222 g/mol. The van der Waals surface area contributed by atoms with E-state index in [1.807, 2.05) is 0 Å². The van der Waals surface area contributed by atoms with Crippen molar-refractivity contribution in [2.45, 2.75) is 33.1 Å². The Morgan fingerprint density at radius 2 is 2.00 bits per heavy atom. The number of benzene rings is 1. The molecule has 1 N–H and O–H groups in total. The fraction of sp³-hybridized carbons (Fsp3) is 0.625. The van der Waals surface area contributed by atoms with E-state index >= 15 is 0 Å². The van der Waals surface area contributed by atoms with Gasteiger partial charge in [0.05, 0.1) is 0 Å². The number of aliphatic hydroxyl groups is 1. The maximum Gasteiger partial charge on any atom is 0.0497 e. The third kappa shape index (κ3) is 3.56. The van der Waals surface area contributed by atoms with E-state index < -0.39 is 0 Å². The fourth-order valence-electron chi connectivity index (χ4n) is 2.79. The van der Waals surface area contributed by atoms with Crippen molar-refractivity contribution in [3.05, 3.63) is 35.4 Å². The van der Waals surface area contributed by atoms with E-state index in [2.05, 4.69) is 43.0 Å². The number of hydrogen-bond acceptors (Lipinski definition) is 2. The van der Waals surface area contributed by atoms with Crippen LogP contribution in [-0.2, 0) is 6.42 Å². The summed E-state index contributed by atoms with van der Waals surface area (Å²) in [4.78, 5) is 2.50. The van der Waals surface area contributed by atoms with Crippen LogP contribution in [0.1, 0.15) is 30.9 Å². The molecule has 1 aromatic carbocycles. The Morgan fingerprint density at radius 1 is 1.28 bits per heavy atom. The summed E-state index contributed by atoms with van der Waals surface area (Å²) in [5.41, 5.74) is 2.85. The summed E-state index contributed by atoms with van der Waals surface area (Å²) in [5.74, 6) is 0. The molecule has 1 heterocycles. The number of nitrogens with zero attached hydrogens (tertiary/aromatic N) is 1. The number of likely N-dealkylation sites (tertiary alicyclic amines) is 1. The van der Waals surface area contributed by atoms with Crippen LogP contribution in [0, 0.1) is 12.3 Å². The highest BCUT2D eigenvalue weighted by atomic mass is 16.3. The summed E-state index contributed by atoms with van der Waals surface area (Å²) in [6.07, 6.45) is 3.48. The minimum absolute atomic E-state index is 0.117. The monoisotopic (exact) mass is 247 g/mol. The molecule has 2 nitrogen and oxygen atoms in total. The zero-order valence-electron chi connectivity index (χ0n) is 11.7. The number of rotatable bonds is 4. The average molecular weight is 247 g/mol. The van der Waals surface area contributed by atoms with Gasteiger partial charge < -0.3 is 10.0 Å². The molecule has 1 aliphatic heterocycles. The van der Waals surface area contributed by atoms with Crippen molar-refractivity contribution in [2.75, 3.05) is 26.2 Å². The van der Waals surface area contributed by atoms with Crippen molar-refractivity contribution in [2.24, 2.45) is 5.41 Å². The SMILES string of the molecule is Cc1ccc(CCN2CCCC(C)(CO)C2)cc1. The standard InChI is InChI=1S/C16H25NO/c1-14-4-6-15(7-5-14)8-11-17-10-3-9-16(2,12-17)13-18/h4-7,18H,3,8-13H2,1-2H3. The second-order valence-electron chi connectivity index (χ2n) is 6.08. The molecule has 1 saturated heterocycles.